The maximum Gasteiger partial charge on any atom is 0.270 e. The van der Waals surface area contributed by atoms with Crippen molar-refractivity contribution in [2.45, 2.75) is 0 Å². The van der Waals surface area contributed by atoms with Crippen LogP contribution in [0.4, 0.5) is 11.4 Å². The third-order valence-corrected chi connectivity index (χ3v) is 3.69. The van der Waals surface area contributed by atoms with Gasteiger partial charge in [-0.05, 0) is 12.1 Å². The van der Waals surface area contributed by atoms with Crippen molar-refractivity contribution in [1.82, 2.24) is 0 Å². The maximum atomic E-state index is 10.7. The van der Waals surface area contributed by atoms with Crippen LogP contribution in [0.15, 0.2) is 41.5 Å². The van der Waals surface area contributed by atoms with Gasteiger partial charge in [0.2, 0.25) is 0 Å². The van der Waals surface area contributed by atoms with E-state index in [4.69, 9.17) is 46.4 Å². The van der Waals surface area contributed by atoms with Gasteiger partial charge in [-0.3, -0.25) is 15.5 Å². The number of rotatable bonds is 4. The largest absolute Gasteiger partial charge is 0.274 e. The summed E-state index contributed by atoms with van der Waals surface area (Å²) in [6.45, 7) is 0. The molecule has 2 rings (SSSR count). The zero-order valence-electron chi connectivity index (χ0n) is 10.7. The summed E-state index contributed by atoms with van der Waals surface area (Å²) < 4.78 is 0. The summed E-state index contributed by atoms with van der Waals surface area (Å²) in [6, 6.07) is 8.74. The number of hydrogen-bond donors (Lipinski definition) is 1. The molecular weight excluding hydrogens is 372 g/mol. The van der Waals surface area contributed by atoms with Crippen molar-refractivity contribution < 1.29 is 4.92 Å². The van der Waals surface area contributed by atoms with Crippen LogP contribution in [0.3, 0.4) is 0 Å². The van der Waals surface area contributed by atoms with E-state index in [0.29, 0.717) is 16.3 Å². The summed E-state index contributed by atoms with van der Waals surface area (Å²) in [6.07, 6.45) is 0. The van der Waals surface area contributed by atoms with E-state index < -0.39 is 4.92 Å². The lowest BCUT2D eigenvalue weighted by Crippen LogP contribution is -1.99. The van der Waals surface area contributed by atoms with Crippen LogP contribution < -0.4 is 5.43 Å². The highest BCUT2D eigenvalue weighted by Crippen LogP contribution is 2.33. The fourth-order valence-corrected chi connectivity index (χ4v) is 2.63. The first kappa shape index (κ1) is 16.8. The van der Waals surface area contributed by atoms with Crippen molar-refractivity contribution in [2.75, 3.05) is 5.43 Å². The highest BCUT2D eigenvalue weighted by atomic mass is 35.5. The van der Waals surface area contributed by atoms with Crippen LogP contribution in [-0.4, -0.2) is 10.1 Å². The summed E-state index contributed by atoms with van der Waals surface area (Å²) in [5.74, 6) is 0. The molecule has 0 unspecified atom stereocenters. The Morgan fingerprint density at radius 3 is 2.36 bits per heavy atom. The number of hydrazone groups is 1. The Hall–Kier alpha value is -1.53. The normalized spacial score (nSPS) is 11.4. The lowest BCUT2D eigenvalue weighted by molar-refractivity contribution is -0.384. The number of halogens is 4. The number of benzene rings is 2. The summed E-state index contributed by atoms with van der Waals surface area (Å²) in [7, 11) is 0. The Morgan fingerprint density at radius 1 is 1.14 bits per heavy atom. The van der Waals surface area contributed by atoms with Crippen molar-refractivity contribution in [3.8, 4) is 0 Å². The minimum absolute atomic E-state index is 0.0192. The second kappa shape index (κ2) is 7.15. The molecule has 0 fully saturated rings. The molecule has 0 amide bonds. The van der Waals surface area contributed by atoms with Gasteiger partial charge in [0.05, 0.1) is 20.7 Å². The quantitative estimate of drug-likeness (QED) is 0.429. The molecule has 0 radical (unpaired) electrons. The van der Waals surface area contributed by atoms with Crippen LogP contribution in [0.5, 0.6) is 0 Å². The SMILES string of the molecule is O=[N+]([O-])c1cccc(C(Cl)=NNc2c(Cl)cc(Cl)cc2Cl)c1. The fourth-order valence-electron chi connectivity index (χ4n) is 1.57. The van der Waals surface area contributed by atoms with Gasteiger partial charge in [-0.25, -0.2) is 0 Å². The van der Waals surface area contributed by atoms with Gasteiger partial charge in [-0.1, -0.05) is 58.5 Å². The standard InChI is InChI=1S/C13H7Cl4N3O2/c14-8-5-10(15)12(11(16)6-8)18-19-13(17)7-2-1-3-9(4-7)20(21)22/h1-6,18H. The van der Waals surface area contributed by atoms with Gasteiger partial charge in [0.1, 0.15) is 0 Å². The molecule has 2 aromatic rings. The zero-order chi connectivity index (χ0) is 16.3. The van der Waals surface area contributed by atoms with Crippen LogP contribution in [0.1, 0.15) is 5.56 Å². The molecule has 0 heterocycles. The molecule has 0 saturated heterocycles. The smallest absolute Gasteiger partial charge is 0.270 e. The minimum atomic E-state index is -0.520. The van der Waals surface area contributed by atoms with Crippen molar-refractivity contribution in [3.63, 3.8) is 0 Å². The van der Waals surface area contributed by atoms with E-state index in [-0.39, 0.29) is 20.9 Å². The van der Waals surface area contributed by atoms with Gasteiger partial charge >= 0.3 is 0 Å². The molecule has 5 nitrogen and oxygen atoms in total. The molecule has 0 aliphatic rings. The van der Waals surface area contributed by atoms with E-state index in [1.807, 2.05) is 0 Å². The summed E-state index contributed by atoms with van der Waals surface area (Å²) in [5, 5.41) is 15.6. The van der Waals surface area contributed by atoms with Gasteiger partial charge in [-0.15, -0.1) is 0 Å². The monoisotopic (exact) mass is 377 g/mol. The molecule has 2 aromatic carbocycles. The zero-order valence-corrected chi connectivity index (χ0v) is 13.7. The Labute approximate surface area is 145 Å². The second-order valence-corrected chi connectivity index (χ2v) is 5.68. The molecule has 1 N–H and O–H groups in total. The molecular formula is C13H7Cl4N3O2. The van der Waals surface area contributed by atoms with Crippen LogP contribution in [0.2, 0.25) is 15.1 Å². The van der Waals surface area contributed by atoms with Gasteiger partial charge in [0.25, 0.3) is 5.69 Å². The van der Waals surface area contributed by atoms with E-state index in [1.165, 1.54) is 30.3 Å². The third kappa shape index (κ3) is 4.01. The number of nitrogens with zero attached hydrogens (tertiary/aromatic N) is 2. The van der Waals surface area contributed by atoms with Crippen molar-refractivity contribution in [3.05, 3.63) is 67.1 Å². The Morgan fingerprint density at radius 2 is 1.77 bits per heavy atom. The van der Waals surface area contributed by atoms with E-state index in [9.17, 15) is 10.1 Å². The van der Waals surface area contributed by atoms with Gasteiger partial charge in [0.15, 0.2) is 5.17 Å². The number of anilines is 1. The first-order valence-electron chi connectivity index (χ1n) is 5.77. The molecule has 9 heteroatoms. The van der Waals surface area contributed by atoms with E-state index in [2.05, 4.69) is 10.5 Å². The lowest BCUT2D eigenvalue weighted by Gasteiger charge is -2.07. The molecule has 0 spiro atoms. The summed E-state index contributed by atoms with van der Waals surface area (Å²) in [4.78, 5) is 10.2. The lowest BCUT2D eigenvalue weighted by atomic mass is 10.2. The van der Waals surface area contributed by atoms with Gasteiger partial charge in [0, 0.05) is 22.7 Å². The van der Waals surface area contributed by atoms with E-state index >= 15 is 0 Å². The van der Waals surface area contributed by atoms with E-state index in [1.54, 1.807) is 6.07 Å². The number of nitrogens with one attached hydrogen (secondary N) is 1. The molecule has 0 saturated carbocycles. The maximum absolute atomic E-state index is 10.7. The molecule has 22 heavy (non-hydrogen) atoms. The predicted octanol–water partition coefficient (Wildman–Crippen LogP) is 5.57. The number of non-ortho nitro benzene ring substituents is 1. The molecule has 114 valence electrons. The molecule has 0 aromatic heterocycles. The average molecular weight is 379 g/mol. The predicted molar refractivity (Wildman–Crippen MR) is 90.6 cm³/mol. The Bertz CT molecular complexity index is 742. The van der Waals surface area contributed by atoms with Crippen LogP contribution in [-0.2, 0) is 0 Å². The minimum Gasteiger partial charge on any atom is -0.274 e. The molecule has 0 aliphatic heterocycles. The van der Waals surface area contributed by atoms with E-state index in [0.717, 1.165) is 0 Å². The summed E-state index contributed by atoms with van der Waals surface area (Å²) >= 11 is 23.8. The van der Waals surface area contributed by atoms with Crippen molar-refractivity contribution >= 4 is 62.9 Å². The van der Waals surface area contributed by atoms with Gasteiger partial charge in [-0.2, -0.15) is 5.10 Å². The Kier molecular flexibility index (Phi) is 5.47. The highest BCUT2D eigenvalue weighted by molar-refractivity contribution is 6.69. The molecule has 0 aliphatic carbocycles. The number of hydrogen-bond acceptors (Lipinski definition) is 4. The van der Waals surface area contributed by atoms with Crippen LogP contribution in [0.25, 0.3) is 0 Å². The summed E-state index contributed by atoms with van der Waals surface area (Å²) in [5.41, 5.74) is 3.24. The molecule has 0 atom stereocenters. The number of nitro benzene ring substituents is 1. The number of nitro groups is 1. The van der Waals surface area contributed by atoms with Gasteiger partial charge < -0.3 is 0 Å². The average Bonchev–Trinajstić information content (AvgIpc) is 2.46. The fraction of sp³-hybridized carbons (Fsp3) is 0. The van der Waals surface area contributed by atoms with Crippen LogP contribution >= 0.6 is 46.4 Å². The Balaban J connectivity index is 2.27. The second-order valence-electron chi connectivity index (χ2n) is 4.07. The third-order valence-electron chi connectivity index (χ3n) is 2.57. The molecule has 0 bridgehead atoms. The highest BCUT2D eigenvalue weighted by Gasteiger charge is 2.10. The van der Waals surface area contributed by atoms with Crippen molar-refractivity contribution in [2.24, 2.45) is 5.10 Å². The van der Waals surface area contributed by atoms with Crippen molar-refractivity contribution in [1.29, 1.82) is 0 Å². The topological polar surface area (TPSA) is 67.5 Å². The van der Waals surface area contributed by atoms with Crippen LogP contribution in [0, 0.1) is 10.1 Å². The first-order valence-corrected chi connectivity index (χ1v) is 7.28. The first-order chi connectivity index (χ1) is 10.4.